The zero-order valence-corrected chi connectivity index (χ0v) is 10.2. The highest BCUT2D eigenvalue weighted by molar-refractivity contribution is 5.95. The van der Waals surface area contributed by atoms with E-state index in [2.05, 4.69) is 10.4 Å². The molecule has 1 amide bonds. The molecule has 1 unspecified atom stereocenters. The van der Waals surface area contributed by atoms with Gasteiger partial charge in [-0.05, 0) is 13.3 Å². The van der Waals surface area contributed by atoms with Gasteiger partial charge in [-0.25, -0.2) is 0 Å². The molecule has 17 heavy (non-hydrogen) atoms. The molecule has 1 atom stereocenters. The number of rotatable bonds is 5. The molecule has 1 rings (SSSR count). The Kier molecular flexibility index (Phi) is 4.25. The number of aryl methyl sites for hydroxylation is 2. The summed E-state index contributed by atoms with van der Waals surface area (Å²) in [6, 6.07) is -0.348. The van der Waals surface area contributed by atoms with E-state index in [0.717, 1.165) is 0 Å². The standard InChI is InChI=1S/C11H17N3O3/c1-4-8(5-10(15)16)12-11(17)9-6-14(3)13-7(9)2/h6,8H,4-5H2,1-3H3,(H,12,17)(H,15,16). The Bertz CT molecular complexity index is 426. The number of carboxylic acid groups (broad SMARTS) is 1. The van der Waals surface area contributed by atoms with Crippen LogP contribution in [0.1, 0.15) is 35.8 Å². The molecular formula is C11H17N3O3. The predicted molar refractivity (Wildman–Crippen MR) is 61.7 cm³/mol. The van der Waals surface area contributed by atoms with Crippen LogP contribution < -0.4 is 5.32 Å². The highest BCUT2D eigenvalue weighted by Gasteiger charge is 2.18. The summed E-state index contributed by atoms with van der Waals surface area (Å²) in [7, 11) is 1.73. The van der Waals surface area contributed by atoms with Gasteiger partial charge in [0.1, 0.15) is 0 Å². The molecule has 0 spiro atoms. The first kappa shape index (κ1) is 13.2. The molecule has 94 valence electrons. The van der Waals surface area contributed by atoms with Crippen LogP contribution >= 0.6 is 0 Å². The number of amides is 1. The first-order chi connectivity index (χ1) is 7.93. The lowest BCUT2D eigenvalue weighted by Gasteiger charge is -2.14. The average molecular weight is 239 g/mol. The van der Waals surface area contributed by atoms with Gasteiger partial charge in [0.25, 0.3) is 5.91 Å². The second-order valence-corrected chi connectivity index (χ2v) is 3.98. The normalized spacial score (nSPS) is 12.2. The quantitative estimate of drug-likeness (QED) is 0.792. The number of hydrogen-bond donors (Lipinski definition) is 2. The molecule has 1 heterocycles. The molecule has 1 aromatic rings. The molecule has 6 nitrogen and oxygen atoms in total. The monoisotopic (exact) mass is 239 g/mol. The molecule has 0 saturated heterocycles. The Labute approximate surface area is 99.6 Å². The van der Waals surface area contributed by atoms with Crippen molar-refractivity contribution in [2.45, 2.75) is 32.7 Å². The topological polar surface area (TPSA) is 84.2 Å². The lowest BCUT2D eigenvalue weighted by molar-refractivity contribution is -0.137. The maximum absolute atomic E-state index is 11.9. The van der Waals surface area contributed by atoms with Gasteiger partial charge < -0.3 is 10.4 Å². The summed E-state index contributed by atoms with van der Waals surface area (Å²) in [6.45, 7) is 3.58. The van der Waals surface area contributed by atoms with Crippen molar-refractivity contribution >= 4 is 11.9 Å². The average Bonchev–Trinajstić information content (AvgIpc) is 2.56. The van der Waals surface area contributed by atoms with E-state index in [-0.39, 0.29) is 18.4 Å². The van der Waals surface area contributed by atoms with Crippen LogP contribution in [0.2, 0.25) is 0 Å². The van der Waals surface area contributed by atoms with Gasteiger partial charge in [-0.3, -0.25) is 14.3 Å². The molecule has 0 aromatic carbocycles. The zero-order chi connectivity index (χ0) is 13.0. The number of carbonyl (C=O) groups excluding carboxylic acids is 1. The Hall–Kier alpha value is -1.85. The van der Waals surface area contributed by atoms with Crippen molar-refractivity contribution in [1.82, 2.24) is 15.1 Å². The van der Waals surface area contributed by atoms with E-state index in [1.807, 2.05) is 6.92 Å². The Balaban J connectivity index is 2.70. The number of nitrogens with one attached hydrogen (secondary N) is 1. The molecule has 0 saturated carbocycles. The summed E-state index contributed by atoms with van der Waals surface area (Å²) in [5, 5.41) is 15.5. The van der Waals surface area contributed by atoms with Crippen LogP contribution in [0.4, 0.5) is 0 Å². The summed E-state index contributed by atoms with van der Waals surface area (Å²) in [4.78, 5) is 22.5. The number of carbonyl (C=O) groups is 2. The van der Waals surface area contributed by atoms with Crippen molar-refractivity contribution < 1.29 is 14.7 Å². The molecular weight excluding hydrogens is 222 g/mol. The third kappa shape index (κ3) is 3.58. The molecule has 0 aliphatic heterocycles. The minimum absolute atomic E-state index is 0.0679. The van der Waals surface area contributed by atoms with E-state index in [1.165, 1.54) is 0 Å². The van der Waals surface area contributed by atoms with Crippen molar-refractivity contribution in [3.8, 4) is 0 Å². The third-order valence-electron chi connectivity index (χ3n) is 2.51. The minimum Gasteiger partial charge on any atom is -0.481 e. The fraction of sp³-hybridized carbons (Fsp3) is 0.545. The summed E-state index contributed by atoms with van der Waals surface area (Å²) in [5.74, 6) is -1.19. The maximum Gasteiger partial charge on any atom is 0.305 e. The van der Waals surface area contributed by atoms with Gasteiger partial charge in [0.05, 0.1) is 17.7 Å². The van der Waals surface area contributed by atoms with Crippen LogP contribution in [0, 0.1) is 6.92 Å². The van der Waals surface area contributed by atoms with Gasteiger partial charge in [-0.2, -0.15) is 5.10 Å². The highest BCUT2D eigenvalue weighted by atomic mass is 16.4. The van der Waals surface area contributed by atoms with Crippen LogP contribution in [0.25, 0.3) is 0 Å². The van der Waals surface area contributed by atoms with Crippen molar-refractivity contribution in [1.29, 1.82) is 0 Å². The number of carboxylic acids is 1. The van der Waals surface area contributed by atoms with Gasteiger partial charge in [-0.15, -0.1) is 0 Å². The SMILES string of the molecule is CCC(CC(=O)O)NC(=O)c1cn(C)nc1C. The summed E-state index contributed by atoms with van der Waals surface area (Å²) < 4.78 is 1.56. The first-order valence-electron chi connectivity index (χ1n) is 5.47. The molecule has 0 aliphatic rings. The first-order valence-corrected chi connectivity index (χ1v) is 5.47. The van der Waals surface area contributed by atoms with Crippen molar-refractivity contribution in [2.24, 2.45) is 7.05 Å². The van der Waals surface area contributed by atoms with E-state index in [4.69, 9.17) is 5.11 Å². The van der Waals surface area contributed by atoms with Gasteiger partial charge in [0, 0.05) is 19.3 Å². The van der Waals surface area contributed by atoms with Crippen LogP contribution in [0.5, 0.6) is 0 Å². The summed E-state index contributed by atoms with van der Waals surface area (Å²) >= 11 is 0. The van der Waals surface area contributed by atoms with Crippen molar-refractivity contribution in [3.05, 3.63) is 17.5 Å². The molecule has 0 bridgehead atoms. The number of hydrogen-bond acceptors (Lipinski definition) is 3. The molecule has 0 radical (unpaired) electrons. The van der Waals surface area contributed by atoms with Crippen LogP contribution in [0.3, 0.4) is 0 Å². The third-order valence-corrected chi connectivity index (χ3v) is 2.51. The van der Waals surface area contributed by atoms with Gasteiger partial charge in [0.2, 0.25) is 0 Å². The van der Waals surface area contributed by atoms with Crippen LogP contribution in [-0.4, -0.2) is 32.8 Å². The smallest absolute Gasteiger partial charge is 0.305 e. The Morgan fingerprint density at radius 1 is 1.59 bits per heavy atom. The van der Waals surface area contributed by atoms with Crippen LogP contribution in [0.15, 0.2) is 6.20 Å². The fourth-order valence-corrected chi connectivity index (χ4v) is 1.59. The Morgan fingerprint density at radius 2 is 2.24 bits per heavy atom. The summed E-state index contributed by atoms with van der Waals surface area (Å²) in [6.07, 6.45) is 2.14. The van der Waals surface area contributed by atoms with E-state index < -0.39 is 5.97 Å². The maximum atomic E-state index is 11.9. The second-order valence-electron chi connectivity index (χ2n) is 3.98. The van der Waals surface area contributed by atoms with Crippen molar-refractivity contribution in [2.75, 3.05) is 0 Å². The van der Waals surface area contributed by atoms with Crippen LogP contribution in [-0.2, 0) is 11.8 Å². The fourth-order valence-electron chi connectivity index (χ4n) is 1.59. The molecule has 0 fully saturated rings. The van der Waals surface area contributed by atoms with E-state index in [9.17, 15) is 9.59 Å². The molecule has 1 aromatic heterocycles. The van der Waals surface area contributed by atoms with Gasteiger partial charge >= 0.3 is 5.97 Å². The number of nitrogens with zero attached hydrogens (tertiary/aromatic N) is 2. The van der Waals surface area contributed by atoms with E-state index >= 15 is 0 Å². The van der Waals surface area contributed by atoms with Gasteiger partial charge in [-0.1, -0.05) is 6.92 Å². The largest absolute Gasteiger partial charge is 0.481 e. The van der Waals surface area contributed by atoms with Gasteiger partial charge in [0.15, 0.2) is 0 Å². The minimum atomic E-state index is -0.917. The van der Waals surface area contributed by atoms with E-state index in [0.29, 0.717) is 17.7 Å². The highest BCUT2D eigenvalue weighted by Crippen LogP contribution is 2.06. The zero-order valence-electron chi connectivity index (χ0n) is 10.2. The lowest BCUT2D eigenvalue weighted by Crippen LogP contribution is -2.36. The summed E-state index contributed by atoms with van der Waals surface area (Å²) in [5.41, 5.74) is 1.12. The number of aliphatic carboxylic acids is 1. The molecule has 6 heteroatoms. The van der Waals surface area contributed by atoms with Crippen molar-refractivity contribution in [3.63, 3.8) is 0 Å². The Morgan fingerprint density at radius 3 is 2.65 bits per heavy atom. The second kappa shape index (κ2) is 5.47. The molecule has 2 N–H and O–H groups in total. The van der Waals surface area contributed by atoms with E-state index in [1.54, 1.807) is 24.9 Å². The number of aromatic nitrogens is 2. The lowest BCUT2D eigenvalue weighted by atomic mass is 10.1. The molecule has 0 aliphatic carbocycles. The predicted octanol–water partition coefficient (Wildman–Crippen LogP) is 0.712.